The number of aryl methyl sites for hydroxylation is 1. The van der Waals surface area contributed by atoms with Gasteiger partial charge in [-0.05, 0) is 44.0 Å². The highest BCUT2D eigenvalue weighted by atomic mass is 32.2. The number of rotatable bonds is 4. The summed E-state index contributed by atoms with van der Waals surface area (Å²) in [6, 6.07) is 7.46. The number of nitrogens with one attached hydrogen (secondary N) is 1. The summed E-state index contributed by atoms with van der Waals surface area (Å²) in [5, 5.41) is 3.50. The van der Waals surface area contributed by atoms with E-state index in [1.807, 2.05) is 0 Å². The Hall–Kier alpha value is -0.670. The van der Waals surface area contributed by atoms with E-state index in [1.165, 1.54) is 22.6 Å². The SMILES string of the molecule is Cc1cc(N2CCSC(C)(C)C2)ccc1CNC(C)C. The van der Waals surface area contributed by atoms with Crippen molar-refractivity contribution >= 4 is 17.4 Å². The fraction of sp³-hybridized carbons (Fsp3) is 0.647. The highest BCUT2D eigenvalue weighted by Gasteiger charge is 2.27. The average Bonchev–Trinajstić information content (AvgIpc) is 2.36. The molecule has 1 heterocycles. The van der Waals surface area contributed by atoms with Gasteiger partial charge in [-0.3, -0.25) is 0 Å². The van der Waals surface area contributed by atoms with Crippen molar-refractivity contribution < 1.29 is 0 Å². The minimum Gasteiger partial charge on any atom is -0.369 e. The van der Waals surface area contributed by atoms with Crippen LogP contribution in [0.15, 0.2) is 18.2 Å². The molecular formula is C17H28N2S. The van der Waals surface area contributed by atoms with Crippen LogP contribution in [0.5, 0.6) is 0 Å². The summed E-state index contributed by atoms with van der Waals surface area (Å²) in [6.45, 7) is 14.6. The van der Waals surface area contributed by atoms with Crippen molar-refractivity contribution in [2.45, 2.75) is 52.0 Å². The second kappa shape index (κ2) is 6.40. The Morgan fingerprint density at radius 3 is 2.70 bits per heavy atom. The van der Waals surface area contributed by atoms with Gasteiger partial charge in [0.25, 0.3) is 0 Å². The molecule has 1 aliphatic heterocycles. The summed E-state index contributed by atoms with van der Waals surface area (Å²) in [4.78, 5) is 2.53. The van der Waals surface area contributed by atoms with Gasteiger partial charge in [0, 0.05) is 41.9 Å². The number of thioether (sulfide) groups is 1. The van der Waals surface area contributed by atoms with Crippen LogP contribution in [0.3, 0.4) is 0 Å². The molecule has 3 heteroatoms. The van der Waals surface area contributed by atoms with Crippen molar-refractivity contribution in [3.8, 4) is 0 Å². The van der Waals surface area contributed by atoms with E-state index < -0.39 is 0 Å². The number of anilines is 1. The molecule has 1 fully saturated rings. The molecule has 112 valence electrons. The summed E-state index contributed by atoms with van der Waals surface area (Å²) < 4.78 is 0.365. The second-order valence-electron chi connectivity index (χ2n) is 6.68. The Labute approximate surface area is 128 Å². The molecule has 1 saturated heterocycles. The highest BCUT2D eigenvalue weighted by Crippen LogP contribution is 2.32. The fourth-order valence-electron chi connectivity index (χ4n) is 2.63. The summed E-state index contributed by atoms with van der Waals surface area (Å²) in [5.74, 6) is 1.22. The molecule has 2 nitrogen and oxygen atoms in total. The van der Waals surface area contributed by atoms with Crippen LogP contribution in [-0.2, 0) is 6.54 Å². The van der Waals surface area contributed by atoms with Crippen LogP contribution in [0.25, 0.3) is 0 Å². The van der Waals surface area contributed by atoms with E-state index >= 15 is 0 Å². The number of hydrogen-bond donors (Lipinski definition) is 1. The van der Waals surface area contributed by atoms with E-state index in [4.69, 9.17) is 0 Å². The van der Waals surface area contributed by atoms with Crippen molar-refractivity contribution in [2.75, 3.05) is 23.7 Å². The molecular weight excluding hydrogens is 264 g/mol. The second-order valence-corrected chi connectivity index (χ2v) is 8.48. The fourth-order valence-corrected chi connectivity index (χ4v) is 3.74. The largest absolute Gasteiger partial charge is 0.369 e. The smallest absolute Gasteiger partial charge is 0.0369 e. The quantitative estimate of drug-likeness (QED) is 0.908. The molecule has 1 N–H and O–H groups in total. The first-order valence-corrected chi connectivity index (χ1v) is 8.58. The topological polar surface area (TPSA) is 15.3 Å². The van der Waals surface area contributed by atoms with Crippen molar-refractivity contribution in [1.82, 2.24) is 5.32 Å². The van der Waals surface area contributed by atoms with Crippen LogP contribution in [0.4, 0.5) is 5.69 Å². The van der Waals surface area contributed by atoms with Gasteiger partial charge < -0.3 is 10.2 Å². The van der Waals surface area contributed by atoms with E-state index in [0.717, 1.165) is 19.6 Å². The molecule has 0 atom stereocenters. The Balaban J connectivity index is 2.08. The highest BCUT2D eigenvalue weighted by molar-refractivity contribution is 8.00. The van der Waals surface area contributed by atoms with Gasteiger partial charge >= 0.3 is 0 Å². The lowest BCUT2D eigenvalue weighted by atomic mass is 10.1. The third-order valence-corrected chi connectivity index (χ3v) is 5.12. The standard InChI is InChI=1S/C17H28N2S/c1-13(2)18-11-15-6-7-16(10-14(15)3)19-8-9-20-17(4,5)12-19/h6-7,10,13,18H,8-9,11-12H2,1-5H3. The molecule has 2 rings (SSSR count). The zero-order chi connectivity index (χ0) is 14.8. The third-order valence-electron chi connectivity index (χ3n) is 3.82. The zero-order valence-electron chi connectivity index (χ0n) is 13.5. The number of benzene rings is 1. The van der Waals surface area contributed by atoms with Crippen LogP contribution >= 0.6 is 11.8 Å². The maximum Gasteiger partial charge on any atom is 0.0369 e. The van der Waals surface area contributed by atoms with Gasteiger partial charge in [-0.2, -0.15) is 11.8 Å². The molecule has 0 aromatic heterocycles. The van der Waals surface area contributed by atoms with Crippen LogP contribution in [-0.4, -0.2) is 29.6 Å². The maximum atomic E-state index is 3.50. The van der Waals surface area contributed by atoms with Crippen molar-refractivity contribution in [3.63, 3.8) is 0 Å². The molecule has 0 aliphatic carbocycles. The summed E-state index contributed by atoms with van der Waals surface area (Å²) >= 11 is 2.09. The lowest BCUT2D eigenvalue weighted by Crippen LogP contribution is -2.43. The first kappa shape index (κ1) is 15.7. The van der Waals surface area contributed by atoms with Gasteiger partial charge in [0.1, 0.15) is 0 Å². The normalized spacial score (nSPS) is 18.6. The van der Waals surface area contributed by atoms with E-state index in [0.29, 0.717) is 10.8 Å². The molecule has 0 amide bonds. The Morgan fingerprint density at radius 2 is 2.10 bits per heavy atom. The molecule has 1 aromatic rings. The minimum absolute atomic E-state index is 0.365. The average molecular weight is 292 g/mol. The van der Waals surface area contributed by atoms with E-state index in [9.17, 15) is 0 Å². The summed E-state index contributed by atoms with van der Waals surface area (Å²) in [7, 11) is 0. The molecule has 0 radical (unpaired) electrons. The Bertz CT molecular complexity index is 454. The van der Waals surface area contributed by atoms with Crippen LogP contribution in [0, 0.1) is 6.92 Å². The van der Waals surface area contributed by atoms with E-state index in [-0.39, 0.29) is 0 Å². The molecule has 0 bridgehead atoms. The van der Waals surface area contributed by atoms with Gasteiger partial charge in [-0.15, -0.1) is 0 Å². The number of nitrogens with zero attached hydrogens (tertiary/aromatic N) is 1. The molecule has 0 saturated carbocycles. The van der Waals surface area contributed by atoms with Crippen LogP contribution in [0.1, 0.15) is 38.8 Å². The minimum atomic E-state index is 0.365. The first-order chi connectivity index (χ1) is 9.37. The van der Waals surface area contributed by atoms with Crippen molar-refractivity contribution in [3.05, 3.63) is 29.3 Å². The predicted molar refractivity (Wildman–Crippen MR) is 91.9 cm³/mol. The first-order valence-electron chi connectivity index (χ1n) is 7.59. The van der Waals surface area contributed by atoms with E-state index in [1.54, 1.807) is 0 Å². The van der Waals surface area contributed by atoms with Crippen LogP contribution in [0.2, 0.25) is 0 Å². The number of hydrogen-bond acceptors (Lipinski definition) is 3. The Morgan fingerprint density at radius 1 is 1.35 bits per heavy atom. The molecule has 1 aromatic carbocycles. The van der Waals surface area contributed by atoms with Crippen LogP contribution < -0.4 is 10.2 Å². The van der Waals surface area contributed by atoms with E-state index in [2.05, 4.69) is 74.8 Å². The Kier molecular flexibility index (Phi) is 5.03. The van der Waals surface area contributed by atoms with Gasteiger partial charge in [-0.1, -0.05) is 19.9 Å². The lowest BCUT2D eigenvalue weighted by Gasteiger charge is -2.39. The molecule has 0 spiro atoms. The van der Waals surface area contributed by atoms with Gasteiger partial charge in [0.15, 0.2) is 0 Å². The van der Waals surface area contributed by atoms with Crippen molar-refractivity contribution in [1.29, 1.82) is 0 Å². The maximum absolute atomic E-state index is 3.50. The zero-order valence-corrected chi connectivity index (χ0v) is 14.3. The summed E-state index contributed by atoms with van der Waals surface area (Å²) in [5.41, 5.74) is 4.18. The predicted octanol–water partition coefficient (Wildman–Crippen LogP) is 3.82. The summed E-state index contributed by atoms with van der Waals surface area (Å²) in [6.07, 6.45) is 0. The lowest BCUT2D eigenvalue weighted by molar-refractivity contribution is 0.587. The molecule has 1 aliphatic rings. The van der Waals surface area contributed by atoms with Gasteiger partial charge in [-0.25, -0.2) is 0 Å². The molecule has 20 heavy (non-hydrogen) atoms. The monoisotopic (exact) mass is 292 g/mol. The third kappa shape index (κ3) is 4.16. The van der Waals surface area contributed by atoms with Crippen molar-refractivity contribution in [2.24, 2.45) is 0 Å². The van der Waals surface area contributed by atoms with Gasteiger partial charge in [0.05, 0.1) is 0 Å². The molecule has 0 unspecified atom stereocenters. The van der Waals surface area contributed by atoms with Gasteiger partial charge in [0.2, 0.25) is 0 Å².